The SMILES string of the molecule is CC1CCC(CO)(NC(=O)CC2CC3CCC2C3)CC1. The number of carbonyl (C=O) groups excluding carboxylic acids is 1. The van der Waals surface area contributed by atoms with Crippen molar-refractivity contribution in [3.8, 4) is 0 Å². The monoisotopic (exact) mass is 279 g/mol. The normalized spacial score (nSPS) is 43.7. The van der Waals surface area contributed by atoms with Crippen molar-refractivity contribution in [2.45, 2.75) is 70.3 Å². The lowest BCUT2D eigenvalue weighted by atomic mass is 9.77. The molecule has 0 heterocycles. The third-order valence-electron chi connectivity index (χ3n) is 6.27. The van der Waals surface area contributed by atoms with Crippen molar-refractivity contribution < 1.29 is 9.90 Å². The van der Waals surface area contributed by atoms with Gasteiger partial charge in [0.25, 0.3) is 0 Å². The van der Waals surface area contributed by atoms with Crippen LogP contribution in [0.5, 0.6) is 0 Å². The molecular formula is C17H29NO2. The Labute approximate surface area is 122 Å². The van der Waals surface area contributed by atoms with Gasteiger partial charge in [-0.15, -0.1) is 0 Å². The number of amides is 1. The van der Waals surface area contributed by atoms with Crippen molar-refractivity contribution >= 4 is 5.91 Å². The number of hydrogen-bond acceptors (Lipinski definition) is 2. The minimum absolute atomic E-state index is 0.0994. The van der Waals surface area contributed by atoms with Crippen LogP contribution in [-0.4, -0.2) is 23.2 Å². The Bertz CT molecular complexity index is 360. The Morgan fingerprint density at radius 1 is 1.20 bits per heavy atom. The lowest BCUT2D eigenvalue weighted by Gasteiger charge is -2.39. The van der Waals surface area contributed by atoms with Gasteiger partial charge < -0.3 is 10.4 Å². The summed E-state index contributed by atoms with van der Waals surface area (Å²) in [6, 6.07) is 0. The summed E-state index contributed by atoms with van der Waals surface area (Å²) in [4.78, 5) is 12.4. The van der Waals surface area contributed by atoms with E-state index in [9.17, 15) is 9.90 Å². The molecule has 3 nitrogen and oxygen atoms in total. The lowest BCUT2D eigenvalue weighted by Crippen LogP contribution is -2.53. The van der Waals surface area contributed by atoms with Gasteiger partial charge in [0.2, 0.25) is 5.91 Å². The molecule has 2 N–H and O–H groups in total. The number of carbonyl (C=O) groups is 1. The molecule has 3 saturated carbocycles. The predicted molar refractivity (Wildman–Crippen MR) is 79.1 cm³/mol. The topological polar surface area (TPSA) is 49.3 Å². The van der Waals surface area contributed by atoms with Gasteiger partial charge in [0.1, 0.15) is 0 Å². The van der Waals surface area contributed by atoms with E-state index < -0.39 is 0 Å². The molecule has 3 rings (SSSR count). The summed E-state index contributed by atoms with van der Waals surface area (Å²) < 4.78 is 0. The fourth-order valence-electron chi connectivity index (χ4n) is 4.85. The zero-order valence-electron chi connectivity index (χ0n) is 12.7. The molecule has 20 heavy (non-hydrogen) atoms. The van der Waals surface area contributed by atoms with Crippen LogP contribution in [0.25, 0.3) is 0 Å². The van der Waals surface area contributed by atoms with Crippen molar-refractivity contribution in [1.82, 2.24) is 5.32 Å². The maximum atomic E-state index is 12.4. The molecule has 0 spiro atoms. The molecule has 3 aliphatic carbocycles. The Kier molecular flexibility index (Phi) is 4.07. The van der Waals surface area contributed by atoms with Crippen LogP contribution < -0.4 is 5.32 Å². The van der Waals surface area contributed by atoms with Crippen LogP contribution in [0.1, 0.15) is 64.7 Å². The van der Waals surface area contributed by atoms with Crippen LogP contribution >= 0.6 is 0 Å². The Morgan fingerprint density at radius 2 is 1.95 bits per heavy atom. The molecule has 3 fully saturated rings. The third kappa shape index (κ3) is 2.88. The average Bonchev–Trinajstić information content (AvgIpc) is 3.04. The van der Waals surface area contributed by atoms with E-state index in [1.165, 1.54) is 25.7 Å². The first-order chi connectivity index (χ1) is 9.60. The van der Waals surface area contributed by atoms with Crippen LogP contribution in [-0.2, 0) is 4.79 Å². The van der Waals surface area contributed by atoms with Gasteiger partial charge in [-0.05, 0) is 68.6 Å². The molecule has 0 aromatic heterocycles. The summed E-state index contributed by atoms with van der Waals surface area (Å²) in [6.07, 6.45) is 10.2. The molecule has 0 aromatic rings. The maximum absolute atomic E-state index is 12.4. The second-order valence-electron chi connectivity index (χ2n) is 7.81. The van der Waals surface area contributed by atoms with E-state index in [2.05, 4.69) is 12.2 Å². The molecule has 0 radical (unpaired) electrons. The summed E-state index contributed by atoms with van der Waals surface area (Å²) in [6.45, 7) is 2.36. The van der Waals surface area contributed by atoms with Crippen molar-refractivity contribution in [2.75, 3.05) is 6.61 Å². The van der Waals surface area contributed by atoms with E-state index in [-0.39, 0.29) is 18.1 Å². The summed E-state index contributed by atoms with van der Waals surface area (Å²) in [5.74, 6) is 3.25. The molecule has 2 bridgehead atoms. The average molecular weight is 279 g/mol. The molecule has 1 amide bonds. The quantitative estimate of drug-likeness (QED) is 0.831. The molecule has 3 aliphatic rings. The lowest BCUT2D eigenvalue weighted by molar-refractivity contribution is -0.125. The Balaban J connectivity index is 1.52. The van der Waals surface area contributed by atoms with Gasteiger partial charge in [-0.1, -0.05) is 13.3 Å². The van der Waals surface area contributed by atoms with E-state index in [0.717, 1.165) is 43.4 Å². The zero-order chi connectivity index (χ0) is 14.2. The summed E-state index contributed by atoms with van der Waals surface area (Å²) >= 11 is 0. The number of aliphatic hydroxyl groups excluding tert-OH is 1. The first kappa shape index (κ1) is 14.4. The van der Waals surface area contributed by atoms with Crippen LogP contribution in [0, 0.1) is 23.7 Å². The van der Waals surface area contributed by atoms with Gasteiger partial charge in [0.05, 0.1) is 12.1 Å². The standard InChI is InChI=1S/C17H29NO2/c1-12-4-6-17(11-19,7-5-12)18-16(20)10-15-9-13-2-3-14(15)8-13/h12-15,19H,2-11H2,1H3,(H,18,20). The first-order valence-electron chi connectivity index (χ1n) is 8.52. The number of nitrogens with one attached hydrogen (secondary N) is 1. The third-order valence-corrected chi connectivity index (χ3v) is 6.27. The van der Waals surface area contributed by atoms with Crippen LogP contribution in [0.3, 0.4) is 0 Å². The van der Waals surface area contributed by atoms with Crippen molar-refractivity contribution in [2.24, 2.45) is 23.7 Å². The largest absolute Gasteiger partial charge is 0.394 e. The van der Waals surface area contributed by atoms with Gasteiger partial charge >= 0.3 is 0 Å². The number of fused-ring (bicyclic) bond motifs is 2. The van der Waals surface area contributed by atoms with Crippen molar-refractivity contribution in [1.29, 1.82) is 0 Å². The predicted octanol–water partition coefficient (Wildman–Crippen LogP) is 2.87. The highest BCUT2D eigenvalue weighted by molar-refractivity contribution is 5.77. The maximum Gasteiger partial charge on any atom is 0.220 e. The van der Waals surface area contributed by atoms with E-state index in [0.29, 0.717) is 12.3 Å². The second kappa shape index (κ2) is 5.67. The molecule has 0 aliphatic heterocycles. The summed E-state index contributed by atoms with van der Waals surface area (Å²) in [5.41, 5.74) is -0.318. The van der Waals surface area contributed by atoms with Gasteiger partial charge in [0, 0.05) is 6.42 Å². The van der Waals surface area contributed by atoms with Gasteiger partial charge in [-0.25, -0.2) is 0 Å². The summed E-state index contributed by atoms with van der Waals surface area (Å²) in [7, 11) is 0. The van der Waals surface area contributed by atoms with Gasteiger partial charge in [-0.2, -0.15) is 0 Å². The fourth-order valence-corrected chi connectivity index (χ4v) is 4.85. The molecule has 114 valence electrons. The minimum atomic E-state index is -0.318. The van der Waals surface area contributed by atoms with Gasteiger partial charge in [0.15, 0.2) is 0 Å². The van der Waals surface area contributed by atoms with E-state index in [1.54, 1.807) is 0 Å². The van der Waals surface area contributed by atoms with E-state index in [4.69, 9.17) is 0 Å². The molecular weight excluding hydrogens is 250 g/mol. The van der Waals surface area contributed by atoms with E-state index in [1.807, 2.05) is 0 Å². The molecule has 3 unspecified atom stereocenters. The smallest absolute Gasteiger partial charge is 0.220 e. The molecule has 3 heteroatoms. The Morgan fingerprint density at radius 3 is 2.50 bits per heavy atom. The van der Waals surface area contributed by atoms with Crippen molar-refractivity contribution in [3.05, 3.63) is 0 Å². The van der Waals surface area contributed by atoms with Gasteiger partial charge in [-0.3, -0.25) is 4.79 Å². The van der Waals surface area contributed by atoms with Crippen LogP contribution in [0.15, 0.2) is 0 Å². The number of rotatable bonds is 4. The highest BCUT2D eigenvalue weighted by Crippen LogP contribution is 2.49. The zero-order valence-corrected chi connectivity index (χ0v) is 12.7. The molecule has 3 atom stereocenters. The fraction of sp³-hybridized carbons (Fsp3) is 0.941. The highest BCUT2D eigenvalue weighted by Gasteiger charge is 2.41. The molecule has 0 aromatic carbocycles. The second-order valence-corrected chi connectivity index (χ2v) is 7.81. The highest BCUT2D eigenvalue weighted by atomic mass is 16.3. The molecule has 0 saturated heterocycles. The van der Waals surface area contributed by atoms with Crippen LogP contribution in [0.2, 0.25) is 0 Å². The Hall–Kier alpha value is -0.570. The minimum Gasteiger partial charge on any atom is -0.394 e. The number of aliphatic hydroxyl groups is 1. The summed E-state index contributed by atoms with van der Waals surface area (Å²) in [5, 5.41) is 12.9. The number of hydrogen-bond donors (Lipinski definition) is 2. The first-order valence-corrected chi connectivity index (χ1v) is 8.52. The van der Waals surface area contributed by atoms with Crippen LogP contribution in [0.4, 0.5) is 0 Å². The van der Waals surface area contributed by atoms with E-state index >= 15 is 0 Å². The van der Waals surface area contributed by atoms with Crippen molar-refractivity contribution in [3.63, 3.8) is 0 Å².